The van der Waals surface area contributed by atoms with Gasteiger partial charge in [0.2, 0.25) is 0 Å². The lowest BCUT2D eigenvalue weighted by Crippen LogP contribution is -1.83. The fraction of sp³-hybridized carbons (Fsp3) is 0.143. The van der Waals surface area contributed by atoms with E-state index in [4.69, 9.17) is 20.4 Å². The second kappa shape index (κ2) is 2.67. The monoisotopic (exact) mass is 156 g/mol. The summed E-state index contributed by atoms with van der Waals surface area (Å²) in [6.07, 6.45) is 0. The van der Waals surface area contributed by atoms with E-state index < -0.39 is 18.1 Å². The van der Waals surface area contributed by atoms with Crippen LogP contribution in [0.5, 0.6) is 17.2 Å². The first-order valence-corrected chi connectivity index (χ1v) is 3.00. The van der Waals surface area contributed by atoms with Crippen LogP contribution in [0.4, 0.5) is 0 Å². The Morgan fingerprint density at radius 2 is 1.73 bits per heavy atom. The zero-order valence-electron chi connectivity index (χ0n) is 5.65. The molecule has 1 aromatic rings. The Morgan fingerprint density at radius 3 is 2.27 bits per heavy atom. The van der Waals surface area contributed by atoms with E-state index in [0.717, 1.165) is 6.07 Å². The molecule has 0 unspecified atom stereocenters. The molecule has 0 fully saturated rings. The summed E-state index contributed by atoms with van der Waals surface area (Å²) < 4.78 is 0. The van der Waals surface area contributed by atoms with Crippen LogP contribution < -0.4 is 0 Å². The number of aliphatic hydroxyl groups excluding tert-OH is 1. The van der Waals surface area contributed by atoms with Gasteiger partial charge in [0.05, 0.1) is 6.61 Å². The highest BCUT2D eigenvalue weighted by Crippen LogP contribution is 2.32. The van der Waals surface area contributed by atoms with Gasteiger partial charge < -0.3 is 20.4 Å². The van der Waals surface area contributed by atoms with Crippen LogP contribution in [0.2, 0.25) is 0 Å². The lowest BCUT2D eigenvalue weighted by Gasteiger charge is -2.03. The number of rotatable bonds is 1. The Hall–Kier alpha value is -1.42. The highest BCUT2D eigenvalue weighted by molar-refractivity contribution is 5.49. The number of hydrogen-bond donors (Lipinski definition) is 4. The Bertz CT molecular complexity index is 269. The van der Waals surface area contributed by atoms with Gasteiger partial charge in [-0.05, 0) is 6.07 Å². The number of aromatic hydroxyl groups is 3. The predicted octanol–water partition coefficient (Wildman–Crippen LogP) is 0.296. The number of phenolic OH excluding ortho intramolecular Hbond substituents is 2. The van der Waals surface area contributed by atoms with Crippen molar-refractivity contribution in [3.63, 3.8) is 0 Å². The normalized spacial score (nSPS) is 9.91. The molecule has 0 bridgehead atoms. The summed E-state index contributed by atoms with van der Waals surface area (Å²) in [7, 11) is 0. The number of aliphatic hydroxyl groups is 1. The van der Waals surface area contributed by atoms with Gasteiger partial charge >= 0.3 is 0 Å². The van der Waals surface area contributed by atoms with E-state index in [1.54, 1.807) is 0 Å². The molecule has 0 radical (unpaired) electrons. The Kier molecular flexibility index (Phi) is 1.87. The molecular weight excluding hydrogens is 148 g/mol. The average molecular weight is 156 g/mol. The highest BCUT2D eigenvalue weighted by Gasteiger charge is 2.06. The van der Waals surface area contributed by atoms with Gasteiger partial charge in [-0.15, -0.1) is 0 Å². The molecule has 0 spiro atoms. The molecule has 4 N–H and O–H groups in total. The number of phenols is 3. The average Bonchev–Trinajstić information content (AvgIpc) is 1.96. The van der Waals surface area contributed by atoms with Gasteiger partial charge in [0.25, 0.3) is 0 Å². The Morgan fingerprint density at radius 1 is 1.09 bits per heavy atom. The quantitative estimate of drug-likeness (QED) is 0.348. The molecule has 0 amide bonds. The topological polar surface area (TPSA) is 80.9 Å². The smallest absolute Gasteiger partial charge is 0.163 e. The van der Waals surface area contributed by atoms with Gasteiger partial charge in [0.15, 0.2) is 11.5 Å². The standard InChI is InChI=1S/C7H8O4/c8-3-4-1-5(9)2-6(10)7(4)11/h1-2,8-11H,3H2. The van der Waals surface area contributed by atoms with E-state index in [-0.39, 0.29) is 11.3 Å². The van der Waals surface area contributed by atoms with Crippen molar-refractivity contribution >= 4 is 0 Å². The lowest BCUT2D eigenvalue weighted by atomic mass is 10.2. The minimum absolute atomic E-state index is 0.0995. The van der Waals surface area contributed by atoms with Crippen molar-refractivity contribution in [2.24, 2.45) is 0 Å². The third-order valence-electron chi connectivity index (χ3n) is 1.32. The van der Waals surface area contributed by atoms with Crippen LogP contribution in [0.15, 0.2) is 12.1 Å². The van der Waals surface area contributed by atoms with E-state index in [2.05, 4.69) is 0 Å². The van der Waals surface area contributed by atoms with Crippen molar-refractivity contribution in [1.82, 2.24) is 0 Å². The fourth-order valence-electron chi connectivity index (χ4n) is 0.782. The van der Waals surface area contributed by atoms with E-state index in [1.807, 2.05) is 0 Å². The molecule has 0 aliphatic carbocycles. The van der Waals surface area contributed by atoms with Crippen LogP contribution in [0, 0.1) is 0 Å². The first-order chi connectivity index (χ1) is 5.15. The van der Waals surface area contributed by atoms with Gasteiger partial charge in [-0.25, -0.2) is 0 Å². The van der Waals surface area contributed by atoms with Gasteiger partial charge in [-0.3, -0.25) is 0 Å². The van der Waals surface area contributed by atoms with Crippen molar-refractivity contribution in [2.45, 2.75) is 6.61 Å². The molecule has 0 heterocycles. The molecule has 11 heavy (non-hydrogen) atoms. The maximum absolute atomic E-state index is 9.00. The summed E-state index contributed by atoms with van der Waals surface area (Å²) in [5, 5.41) is 35.3. The largest absolute Gasteiger partial charge is 0.508 e. The Labute approximate surface area is 63.0 Å². The van der Waals surface area contributed by atoms with Crippen molar-refractivity contribution in [3.05, 3.63) is 17.7 Å². The fourth-order valence-corrected chi connectivity index (χ4v) is 0.782. The molecule has 1 aromatic carbocycles. The highest BCUT2D eigenvalue weighted by atomic mass is 16.3. The van der Waals surface area contributed by atoms with Crippen LogP contribution in [0.1, 0.15) is 5.56 Å². The van der Waals surface area contributed by atoms with Gasteiger partial charge in [-0.2, -0.15) is 0 Å². The molecule has 1 rings (SSSR count). The minimum atomic E-state index is -0.436. The van der Waals surface area contributed by atoms with Crippen LogP contribution in [0.3, 0.4) is 0 Å². The zero-order chi connectivity index (χ0) is 8.43. The van der Waals surface area contributed by atoms with E-state index in [9.17, 15) is 0 Å². The molecular formula is C7H8O4. The first-order valence-electron chi connectivity index (χ1n) is 3.00. The molecule has 4 heteroatoms. The summed E-state index contributed by atoms with van der Waals surface area (Å²) >= 11 is 0. The van der Waals surface area contributed by atoms with Crippen LogP contribution in [-0.4, -0.2) is 20.4 Å². The summed E-state index contributed by atoms with van der Waals surface area (Å²) in [5.74, 6) is -1.02. The second-order valence-electron chi connectivity index (χ2n) is 2.13. The van der Waals surface area contributed by atoms with E-state index in [1.165, 1.54) is 6.07 Å². The van der Waals surface area contributed by atoms with Crippen LogP contribution in [-0.2, 0) is 6.61 Å². The summed E-state index contributed by atoms with van der Waals surface area (Å²) in [4.78, 5) is 0. The first kappa shape index (κ1) is 7.68. The molecule has 60 valence electrons. The minimum Gasteiger partial charge on any atom is -0.508 e. The lowest BCUT2D eigenvalue weighted by molar-refractivity contribution is 0.272. The van der Waals surface area contributed by atoms with Crippen molar-refractivity contribution < 1.29 is 20.4 Å². The molecule has 0 aromatic heterocycles. The zero-order valence-corrected chi connectivity index (χ0v) is 5.65. The molecule has 0 saturated carbocycles. The molecule has 0 aliphatic rings. The van der Waals surface area contributed by atoms with Gasteiger partial charge in [0, 0.05) is 11.6 Å². The third kappa shape index (κ3) is 1.35. The van der Waals surface area contributed by atoms with Gasteiger partial charge in [-0.1, -0.05) is 0 Å². The van der Waals surface area contributed by atoms with Crippen LogP contribution in [0.25, 0.3) is 0 Å². The van der Waals surface area contributed by atoms with E-state index in [0.29, 0.717) is 0 Å². The third-order valence-corrected chi connectivity index (χ3v) is 1.32. The summed E-state index contributed by atoms with van der Waals surface area (Å²) in [6.45, 7) is -0.423. The SMILES string of the molecule is OCc1cc(O)cc(O)c1O. The van der Waals surface area contributed by atoms with Crippen molar-refractivity contribution in [1.29, 1.82) is 0 Å². The number of hydrogen-bond acceptors (Lipinski definition) is 4. The number of benzene rings is 1. The second-order valence-corrected chi connectivity index (χ2v) is 2.13. The summed E-state index contributed by atoms with van der Waals surface area (Å²) in [5.41, 5.74) is 0.0995. The molecule has 0 atom stereocenters. The summed E-state index contributed by atoms with van der Waals surface area (Å²) in [6, 6.07) is 2.17. The van der Waals surface area contributed by atoms with Crippen molar-refractivity contribution in [2.75, 3.05) is 0 Å². The molecule has 4 nitrogen and oxygen atoms in total. The maximum Gasteiger partial charge on any atom is 0.163 e. The Balaban J connectivity index is 3.24. The predicted molar refractivity (Wildman–Crippen MR) is 37.4 cm³/mol. The molecule has 0 aliphatic heterocycles. The molecule has 0 saturated heterocycles. The van der Waals surface area contributed by atoms with Crippen LogP contribution >= 0.6 is 0 Å². The van der Waals surface area contributed by atoms with E-state index >= 15 is 0 Å². The van der Waals surface area contributed by atoms with Crippen molar-refractivity contribution in [3.8, 4) is 17.2 Å². The van der Waals surface area contributed by atoms with Gasteiger partial charge in [0.1, 0.15) is 5.75 Å². The maximum atomic E-state index is 9.00.